The molecular formula is C24H27N5O3. The number of piperazine rings is 1. The van der Waals surface area contributed by atoms with Crippen molar-refractivity contribution in [2.24, 2.45) is 7.05 Å². The van der Waals surface area contributed by atoms with Gasteiger partial charge in [-0.15, -0.1) is 0 Å². The first-order chi connectivity index (χ1) is 15.5. The van der Waals surface area contributed by atoms with Crippen LogP contribution in [0.15, 0.2) is 60.7 Å². The third-order valence-electron chi connectivity index (χ3n) is 5.57. The lowest BCUT2D eigenvalue weighted by Crippen LogP contribution is -2.49. The van der Waals surface area contributed by atoms with Crippen LogP contribution in [0.3, 0.4) is 0 Å². The maximum atomic E-state index is 13.0. The average Bonchev–Trinajstić information content (AvgIpc) is 3.19. The molecule has 1 aromatic heterocycles. The number of carbonyl (C=O) groups is 2. The van der Waals surface area contributed by atoms with Gasteiger partial charge < -0.3 is 19.9 Å². The molecule has 2 aromatic carbocycles. The van der Waals surface area contributed by atoms with E-state index in [9.17, 15) is 9.59 Å². The number of rotatable bonds is 6. The number of nitrogens with one attached hydrogen (secondary N) is 1. The standard InChI is InChI=1S/C24H27N5O3/c1-27-22(25-23(30)16-18-8-4-3-5-9-18)17-19(26-27)24(31)29-14-12-28(13-15-29)20-10-6-7-11-21(20)32-2/h3-11,17H,12-16H2,1-2H3,(H,25,30). The van der Waals surface area contributed by atoms with Gasteiger partial charge in [-0.1, -0.05) is 42.5 Å². The number of anilines is 2. The molecule has 0 radical (unpaired) electrons. The molecule has 8 nitrogen and oxygen atoms in total. The summed E-state index contributed by atoms with van der Waals surface area (Å²) < 4.78 is 6.99. The normalized spacial score (nSPS) is 13.7. The zero-order chi connectivity index (χ0) is 22.5. The van der Waals surface area contributed by atoms with Crippen LogP contribution in [0, 0.1) is 0 Å². The van der Waals surface area contributed by atoms with Crippen LogP contribution in [-0.2, 0) is 18.3 Å². The van der Waals surface area contributed by atoms with Crippen molar-refractivity contribution in [2.45, 2.75) is 6.42 Å². The summed E-state index contributed by atoms with van der Waals surface area (Å²) in [6.07, 6.45) is 0.264. The molecule has 1 aliphatic rings. The molecule has 0 unspecified atom stereocenters. The molecule has 1 aliphatic heterocycles. The van der Waals surface area contributed by atoms with Gasteiger partial charge in [-0.05, 0) is 17.7 Å². The number of aryl methyl sites for hydroxylation is 1. The molecule has 3 aromatic rings. The summed E-state index contributed by atoms with van der Waals surface area (Å²) in [5, 5.41) is 7.17. The first-order valence-electron chi connectivity index (χ1n) is 10.6. The Labute approximate surface area is 187 Å². The van der Waals surface area contributed by atoms with Gasteiger partial charge in [0.2, 0.25) is 5.91 Å². The largest absolute Gasteiger partial charge is 0.495 e. The van der Waals surface area contributed by atoms with Gasteiger partial charge in [-0.2, -0.15) is 5.10 Å². The monoisotopic (exact) mass is 433 g/mol. The van der Waals surface area contributed by atoms with E-state index in [0.717, 1.165) is 17.0 Å². The Bertz CT molecular complexity index is 1090. The van der Waals surface area contributed by atoms with E-state index in [0.29, 0.717) is 37.7 Å². The molecule has 0 spiro atoms. The molecule has 32 heavy (non-hydrogen) atoms. The van der Waals surface area contributed by atoms with Gasteiger partial charge in [-0.25, -0.2) is 0 Å². The summed E-state index contributed by atoms with van der Waals surface area (Å²) in [6, 6.07) is 19.1. The second kappa shape index (κ2) is 9.55. The van der Waals surface area contributed by atoms with Gasteiger partial charge in [0, 0.05) is 39.3 Å². The lowest BCUT2D eigenvalue weighted by atomic mass is 10.1. The van der Waals surface area contributed by atoms with Crippen molar-refractivity contribution < 1.29 is 14.3 Å². The zero-order valence-electron chi connectivity index (χ0n) is 18.3. The summed E-state index contributed by atoms with van der Waals surface area (Å²) in [5.74, 6) is 1.04. The Kier molecular flexibility index (Phi) is 6.39. The molecule has 2 amide bonds. The molecule has 0 aliphatic carbocycles. The minimum Gasteiger partial charge on any atom is -0.495 e. The lowest BCUT2D eigenvalue weighted by Gasteiger charge is -2.36. The number of methoxy groups -OCH3 is 1. The van der Waals surface area contributed by atoms with Gasteiger partial charge >= 0.3 is 0 Å². The minimum atomic E-state index is -0.149. The van der Waals surface area contributed by atoms with Crippen LogP contribution in [0.2, 0.25) is 0 Å². The molecule has 0 bridgehead atoms. The molecule has 2 heterocycles. The highest BCUT2D eigenvalue weighted by Crippen LogP contribution is 2.28. The Hall–Kier alpha value is -3.81. The smallest absolute Gasteiger partial charge is 0.274 e. The number of hydrogen-bond acceptors (Lipinski definition) is 5. The van der Waals surface area contributed by atoms with Crippen LogP contribution in [0.4, 0.5) is 11.5 Å². The van der Waals surface area contributed by atoms with Crippen molar-refractivity contribution in [1.29, 1.82) is 0 Å². The number of amides is 2. The number of carbonyl (C=O) groups excluding carboxylic acids is 2. The molecular weight excluding hydrogens is 406 g/mol. The van der Waals surface area contributed by atoms with Crippen molar-refractivity contribution >= 4 is 23.3 Å². The van der Waals surface area contributed by atoms with Crippen LogP contribution < -0.4 is 15.0 Å². The van der Waals surface area contributed by atoms with E-state index < -0.39 is 0 Å². The van der Waals surface area contributed by atoms with Crippen molar-refractivity contribution in [3.63, 3.8) is 0 Å². The van der Waals surface area contributed by atoms with E-state index in [4.69, 9.17) is 4.74 Å². The van der Waals surface area contributed by atoms with Gasteiger partial charge in [0.15, 0.2) is 5.69 Å². The van der Waals surface area contributed by atoms with Crippen LogP contribution in [0.5, 0.6) is 5.75 Å². The molecule has 1 fully saturated rings. The average molecular weight is 434 g/mol. The number of benzene rings is 2. The van der Waals surface area contributed by atoms with Gasteiger partial charge in [0.1, 0.15) is 11.6 Å². The van der Waals surface area contributed by atoms with E-state index in [1.807, 2.05) is 54.6 Å². The Balaban J connectivity index is 1.36. The highest BCUT2D eigenvalue weighted by atomic mass is 16.5. The Morgan fingerprint density at radius 3 is 2.41 bits per heavy atom. The van der Waals surface area contributed by atoms with Crippen molar-refractivity contribution in [3.05, 3.63) is 71.9 Å². The van der Waals surface area contributed by atoms with E-state index in [1.165, 1.54) is 4.68 Å². The SMILES string of the molecule is COc1ccccc1N1CCN(C(=O)c2cc(NC(=O)Cc3ccccc3)n(C)n2)CC1. The van der Waals surface area contributed by atoms with E-state index in [1.54, 1.807) is 25.1 Å². The summed E-state index contributed by atoms with van der Waals surface area (Å²) in [5.41, 5.74) is 2.29. The van der Waals surface area contributed by atoms with Crippen LogP contribution >= 0.6 is 0 Å². The summed E-state index contributed by atoms with van der Waals surface area (Å²) in [6.45, 7) is 2.59. The highest BCUT2D eigenvalue weighted by molar-refractivity contribution is 5.96. The lowest BCUT2D eigenvalue weighted by molar-refractivity contribution is -0.115. The second-order valence-electron chi connectivity index (χ2n) is 7.70. The van der Waals surface area contributed by atoms with Crippen molar-refractivity contribution in [2.75, 3.05) is 43.5 Å². The summed E-state index contributed by atoms with van der Waals surface area (Å²) >= 11 is 0. The van der Waals surface area contributed by atoms with Gasteiger partial charge in [0.05, 0.1) is 19.2 Å². The molecule has 0 atom stereocenters. The van der Waals surface area contributed by atoms with Crippen molar-refractivity contribution in [3.8, 4) is 5.75 Å². The predicted molar refractivity (Wildman–Crippen MR) is 123 cm³/mol. The Morgan fingerprint density at radius 1 is 1.00 bits per heavy atom. The maximum absolute atomic E-state index is 13.0. The van der Waals surface area contributed by atoms with Crippen LogP contribution in [0.1, 0.15) is 16.1 Å². The van der Waals surface area contributed by atoms with Gasteiger partial charge in [0.25, 0.3) is 5.91 Å². The van der Waals surface area contributed by atoms with E-state index >= 15 is 0 Å². The second-order valence-corrected chi connectivity index (χ2v) is 7.70. The fourth-order valence-corrected chi connectivity index (χ4v) is 3.86. The van der Waals surface area contributed by atoms with Crippen molar-refractivity contribution in [1.82, 2.24) is 14.7 Å². The minimum absolute atomic E-state index is 0.135. The molecule has 0 saturated carbocycles. The zero-order valence-corrected chi connectivity index (χ0v) is 18.3. The molecule has 1 saturated heterocycles. The quantitative estimate of drug-likeness (QED) is 0.646. The number of para-hydroxylation sites is 2. The van der Waals surface area contributed by atoms with E-state index in [2.05, 4.69) is 15.3 Å². The highest BCUT2D eigenvalue weighted by Gasteiger charge is 2.26. The Morgan fingerprint density at radius 2 is 1.69 bits per heavy atom. The third-order valence-corrected chi connectivity index (χ3v) is 5.57. The molecule has 1 N–H and O–H groups in total. The first-order valence-corrected chi connectivity index (χ1v) is 10.6. The topological polar surface area (TPSA) is 79.7 Å². The number of ether oxygens (including phenoxy) is 1. The summed E-state index contributed by atoms with van der Waals surface area (Å²) in [7, 11) is 3.38. The maximum Gasteiger partial charge on any atom is 0.274 e. The fraction of sp³-hybridized carbons (Fsp3) is 0.292. The third kappa shape index (κ3) is 4.74. The molecule has 166 valence electrons. The fourth-order valence-electron chi connectivity index (χ4n) is 3.86. The number of hydrogen-bond donors (Lipinski definition) is 1. The van der Waals surface area contributed by atoms with Crippen LogP contribution in [0.25, 0.3) is 0 Å². The molecule has 8 heteroatoms. The number of nitrogens with zero attached hydrogens (tertiary/aromatic N) is 4. The van der Waals surface area contributed by atoms with Gasteiger partial charge in [-0.3, -0.25) is 14.3 Å². The first kappa shape index (κ1) is 21.4. The predicted octanol–water partition coefficient (Wildman–Crippen LogP) is 2.57. The summed E-state index contributed by atoms with van der Waals surface area (Å²) in [4.78, 5) is 29.4. The number of aromatic nitrogens is 2. The van der Waals surface area contributed by atoms with E-state index in [-0.39, 0.29) is 18.2 Å². The molecule has 4 rings (SSSR count). The van der Waals surface area contributed by atoms with Crippen LogP contribution in [-0.4, -0.2) is 59.8 Å².